The zero-order chi connectivity index (χ0) is 10.4. The molecule has 1 aliphatic heterocycles. The molecule has 1 atom stereocenters. The first-order chi connectivity index (χ1) is 6.76. The second-order valence-electron chi connectivity index (χ2n) is 4.03. The van der Waals surface area contributed by atoms with Crippen LogP contribution in [0.3, 0.4) is 0 Å². The number of rotatable bonds is 5. The highest BCUT2D eigenvalue weighted by Crippen LogP contribution is 2.02. The average Bonchev–Trinajstić information content (AvgIpc) is 2.21. The second kappa shape index (κ2) is 6.35. The third-order valence-corrected chi connectivity index (χ3v) is 2.90. The zero-order valence-electron chi connectivity index (χ0n) is 9.15. The van der Waals surface area contributed by atoms with Gasteiger partial charge >= 0.3 is 0 Å². The van der Waals surface area contributed by atoms with Crippen molar-refractivity contribution in [2.24, 2.45) is 5.73 Å². The minimum Gasteiger partial charge on any atom is -0.395 e. The van der Waals surface area contributed by atoms with Crippen molar-refractivity contribution in [1.29, 1.82) is 0 Å². The molecular weight excluding hydrogens is 178 g/mol. The van der Waals surface area contributed by atoms with Gasteiger partial charge in [0.15, 0.2) is 0 Å². The van der Waals surface area contributed by atoms with Gasteiger partial charge in [-0.2, -0.15) is 0 Å². The predicted octanol–water partition coefficient (Wildman–Crippen LogP) is -0.666. The van der Waals surface area contributed by atoms with E-state index in [-0.39, 0.29) is 6.61 Å². The molecule has 1 heterocycles. The van der Waals surface area contributed by atoms with Crippen LogP contribution in [0.25, 0.3) is 0 Å². The van der Waals surface area contributed by atoms with Gasteiger partial charge in [-0.1, -0.05) is 6.92 Å². The Kier molecular flexibility index (Phi) is 5.40. The van der Waals surface area contributed by atoms with Gasteiger partial charge in [0.1, 0.15) is 0 Å². The summed E-state index contributed by atoms with van der Waals surface area (Å²) in [6.45, 7) is 8.55. The SMILES string of the molecule is CC[C@@H](N)CN1CCN(CCO)CC1. The number of β-amino-alcohol motifs (C(OH)–C–C–N with tert-alkyl or cyclic N) is 1. The first kappa shape index (κ1) is 11.9. The van der Waals surface area contributed by atoms with Crippen LogP contribution in [0.4, 0.5) is 0 Å². The van der Waals surface area contributed by atoms with E-state index < -0.39 is 0 Å². The van der Waals surface area contributed by atoms with Crippen LogP contribution in [0.15, 0.2) is 0 Å². The molecule has 0 unspecified atom stereocenters. The number of nitrogens with two attached hydrogens (primary N) is 1. The van der Waals surface area contributed by atoms with Gasteiger partial charge in [-0.15, -0.1) is 0 Å². The van der Waals surface area contributed by atoms with E-state index in [0.29, 0.717) is 6.04 Å². The smallest absolute Gasteiger partial charge is 0.0558 e. The van der Waals surface area contributed by atoms with Gasteiger partial charge in [0.05, 0.1) is 6.61 Å². The van der Waals surface area contributed by atoms with Crippen LogP contribution < -0.4 is 5.73 Å². The van der Waals surface area contributed by atoms with Gasteiger partial charge in [0.2, 0.25) is 0 Å². The number of hydrogen-bond acceptors (Lipinski definition) is 4. The quantitative estimate of drug-likeness (QED) is 0.620. The Morgan fingerprint density at radius 1 is 1.21 bits per heavy atom. The molecule has 3 N–H and O–H groups in total. The highest BCUT2D eigenvalue weighted by Gasteiger charge is 2.17. The Labute approximate surface area is 86.7 Å². The summed E-state index contributed by atoms with van der Waals surface area (Å²) in [6.07, 6.45) is 1.05. The summed E-state index contributed by atoms with van der Waals surface area (Å²) in [5.41, 5.74) is 5.90. The maximum absolute atomic E-state index is 8.79. The fourth-order valence-corrected chi connectivity index (χ4v) is 1.80. The normalized spacial score (nSPS) is 22.5. The van der Waals surface area contributed by atoms with E-state index in [4.69, 9.17) is 10.8 Å². The molecule has 14 heavy (non-hydrogen) atoms. The van der Waals surface area contributed by atoms with E-state index >= 15 is 0 Å². The highest BCUT2D eigenvalue weighted by atomic mass is 16.3. The lowest BCUT2D eigenvalue weighted by atomic mass is 10.2. The fraction of sp³-hybridized carbons (Fsp3) is 1.00. The number of nitrogens with zero attached hydrogens (tertiary/aromatic N) is 2. The van der Waals surface area contributed by atoms with Gasteiger partial charge < -0.3 is 10.8 Å². The second-order valence-corrected chi connectivity index (χ2v) is 4.03. The lowest BCUT2D eigenvalue weighted by Gasteiger charge is -2.35. The molecule has 1 saturated heterocycles. The van der Waals surface area contributed by atoms with Gasteiger partial charge in [-0.25, -0.2) is 0 Å². The molecule has 0 spiro atoms. The molecule has 0 saturated carbocycles. The van der Waals surface area contributed by atoms with Gasteiger partial charge in [-0.05, 0) is 6.42 Å². The minimum atomic E-state index is 0.272. The zero-order valence-corrected chi connectivity index (χ0v) is 9.15. The molecule has 1 fully saturated rings. The number of aliphatic hydroxyl groups is 1. The van der Waals surface area contributed by atoms with Crippen LogP contribution in [0.2, 0.25) is 0 Å². The monoisotopic (exact) mass is 201 g/mol. The van der Waals surface area contributed by atoms with Crippen LogP contribution in [0.5, 0.6) is 0 Å². The van der Waals surface area contributed by atoms with E-state index in [1.165, 1.54) is 0 Å². The average molecular weight is 201 g/mol. The van der Waals surface area contributed by atoms with Crippen molar-refractivity contribution in [1.82, 2.24) is 9.80 Å². The Morgan fingerprint density at radius 2 is 1.79 bits per heavy atom. The molecule has 0 aromatic rings. The first-order valence-corrected chi connectivity index (χ1v) is 5.57. The van der Waals surface area contributed by atoms with Crippen LogP contribution in [-0.4, -0.2) is 66.8 Å². The van der Waals surface area contributed by atoms with E-state index in [1.54, 1.807) is 0 Å². The lowest BCUT2D eigenvalue weighted by Crippen LogP contribution is -2.50. The summed E-state index contributed by atoms with van der Waals surface area (Å²) in [6, 6.07) is 0.319. The van der Waals surface area contributed by atoms with Gasteiger partial charge in [-0.3, -0.25) is 9.80 Å². The van der Waals surface area contributed by atoms with Crippen molar-refractivity contribution in [3.63, 3.8) is 0 Å². The van der Waals surface area contributed by atoms with E-state index in [0.717, 1.165) is 45.7 Å². The molecule has 1 rings (SSSR count). The first-order valence-electron chi connectivity index (χ1n) is 5.57. The Hall–Kier alpha value is -0.160. The summed E-state index contributed by atoms with van der Waals surface area (Å²) < 4.78 is 0. The topological polar surface area (TPSA) is 52.7 Å². The highest BCUT2D eigenvalue weighted by molar-refractivity contribution is 4.74. The maximum atomic E-state index is 8.79. The van der Waals surface area contributed by atoms with Crippen molar-refractivity contribution in [2.75, 3.05) is 45.9 Å². The molecule has 84 valence electrons. The molecule has 4 nitrogen and oxygen atoms in total. The summed E-state index contributed by atoms with van der Waals surface area (Å²) in [5, 5.41) is 8.79. The van der Waals surface area contributed by atoms with Crippen molar-refractivity contribution in [2.45, 2.75) is 19.4 Å². The summed E-state index contributed by atoms with van der Waals surface area (Å²) >= 11 is 0. The standard InChI is InChI=1S/C10H23N3O/c1-2-10(11)9-13-5-3-12(4-6-13)7-8-14/h10,14H,2-9,11H2,1H3/t10-/m1/s1. The Balaban J connectivity index is 2.15. The summed E-state index contributed by atoms with van der Waals surface area (Å²) in [4.78, 5) is 4.72. The third-order valence-electron chi connectivity index (χ3n) is 2.90. The summed E-state index contributed by atoms with van der Waals surface area (Å²) in [7, 11) is 0. The Morgan fingerprint density at radius 3 is 2.29 bits per heavy atom. The lowest BCUT2D eigenvalue weighted by molar-refractivity contribution is 0.108. The minimum absolute atomic E-state index is 0.272. The van der Waals surface area contributed by atoms with Crippen LogP contribution in [0, 0.1) is 0 Å². The fourth-order valence-electron chi connectivity index (χ4n) is 1.80. The molecule has 0 bridgehead atoms. The van der Waals surface area contributed by atoms with Crippen molar-refractivity contribution in [3.8, 4) is 0 Å². The molecular formula is C10H23N3O. The van der Waals surface area contributed by atoms with Crippen LogP contribution in [-0.2, 0) is 0 Å². The van der Waals surface area contributed by atoms with Crippen molar-refractivity contribution >= 4 is 0 Å². The predicted molar refractivity (Wildman–Crippen MR) is 58.2 cm³/mol. The third kappa shape index (κ3) is 3.92. The van der Waals surface area contributed by atoms with Crippen molar-refractivity contribution < 1.29 is 5.11 Å². The molecule has 0 aromatic heterocycles. The van der Waals surface area contributed by atoms with Crippen molar-refractivity contribution in [3.05, 3.63) is 0 Å². The van der Waals surface area contributed by atoms with Crippen LogP contribution in [0.1, 0.15) is 13.3 Å². The largest absolute Gasteiger partial charge is 0.395 e. The molecule has 0 aromatic carbocycles. The summed E-state index contributed by atoms with van der Waals surface area (Å²) in [5.74, 6) is 0. The molecule has 1 aliphatic rings. The van der Waals surface area contributed by atoms with Gasteiger partial charge in [0, 0.05) is 45.3 Å². The van der Waals surface area contributed by atoms with E-state index in [2.05, 4.69) is 16.7 Å². The number of aliphatic hydroxyl groups excluding tert-OH is 1. The molecule has 0 radical (unpaired) electrons. The van der Waals surface area contributed by atoms with E-state index in [9.17, 15) is 0 Å². The van der Waals surface area contributed by atoms with Crippen LogP contribution >= 0.6 is 0 Å². The molecule has 0 aliphatic carbocycles. The Bertz CT molecular complexity index is 146. The van der Waals surface area contributed by atoms with E-state index in [1.807, 2.05) is 0 Å². The molecule has 0 amide bonds. The maximum Gasteiger partial charge on any atom is 0.0558 e. The number of hydrogen-bond donors (Lipinski definition) is 2. The van der Waals surface area contributed by atoms with Gasteiger partial charge in [0.25, 0.3) is 0 Å². The molecule has 4 heteroatoms. The number of piperazine rings is 1.